The van der Waals surface area contributed by atoms with Crippen molar-refractivity contribution in [1.29, 1.82) is 0 Å². The molecule has 0 fully saturated rings. The summed E-state index contributed by atoms with van der Waals surface area (Å²) < 4.78 is 0. The average Bonchev–Trinajstić information content (AvgIpc) is 2.42. The molecule has 0 spiro atoms. The molecule has 0 unspecified atom stereocenters. The average molecular weight is 316 g/mol. The molecule has 1 amide bonds. The van der Waals surface area contributed by atoms with Gasteiger partial charge in [0.05, 0.1) is 10.7 Å². The van der Waals surface area contributed by atoms with Gasteiger partial charge in [-0.25, -0.2) is 0 Å². The molecule has 2 aromatic rings. The minimum Gasteiger partial charge on any atom is -0.325 e. The monoisotopic (exact) mass is 315 g/mol. The van der Waals surface area contributed by atoms with Gasteiger partial charge in [-0.3, -0.25) is 4.79 Å². The van der Waals surface area contributed by atoms with E-state index in [2.05, 4.69) is 37.4 Å². The second-order valence-corrected chi connectivity index (χ2v) is 6.32. The van der Waals surface area contributed by atoms with Crippen LogP contribution >= 0.6 is 11.6 Å². The first-order chi connectivity index (χ1) is 10.4. The van der Waals surface area contributed by atoms with Gasteiger partial charge in [-0.1, -0.05) is 41.4 Å². The van der Waals surface area contributed by atoms with Crippen molar-refractivity contribution in [2.75, 3.05) is 5.32 Å². The van der Waals surface area contributed by atoms with Crippen LogP contribution in [0.15, 0.2) is 30.3 Å². The molecule has 2 nitrogen and oxygen atoms in total. The van der Waals surface area contributed by atoms with Crippen LogP contribution in [-0.2, 0) is 11.2 Å². The Bertz CT molecular complexity index is 684. The normalized spacial score (nSPS) is 10.6. The molecule has 0 radical (unpaired) electrons. The van der Waals surface area contributed by atoms with Crippen molar-refractivity contribution in [3.8, 4) is 0 Å². The predicted octanol–water partition coefficient (Wildman–Crippen LogP) is 5.14. The number of nitrogens with one attached hydrogen (secondary N) is 1. The zero-order valence-corrected chi connectivity index (χ0v) is 14.3. The van der Waals surface area contributed by atoms with E-state index in [0.29, 0.717) is 11.4 Å². The SMILES string of the molecule is Cc1ccc(CCC(=O)Nc2c(C)cc(C)cc2Cl)c(C)c1. The first-order valence-corrected chi connectivity index (χ1v) is 7.87. The van der Waals surface area contributed by atoms with Crippen molar-refractivity contribution in [2.45, 2.75) is 40.5 Å². The molecule has 0 aliphatic rings. The van der Waals surface area contributed by atoms with Gasteiger partial charge in [0, 0.05) is 6.42 Å². The Kier molecular flexibility index (Phi) is 5.25. The van der Waals surface area contributed by atoms with Crippen molar-refractivity contribution in [3.63, 3.8) is 0 Å². The first-order valence-electron chi connectivity index (χ1n) is 7.49. The number of hydrogen-bond donors (Lipinski definition) is 1. The van der Waals surface area contributed by atoms with Crippen LogP contribution in [0.1, 0.15) is 34.2 Å². The van der Waals surface area contributed by atoms with Gasteiger partial charge >= 0.3 is 0 Å². The zero-order chi connectivity index (χ0) is 16.3. The van der Waals surface area contributed by atoms with Crippen molar-refractivity contribution < 1.29 is 4.79 Å². The lowest BCUT2D eigenvalue weighted by atomic mass is 10.0. The van der Waals surface area contributed by atoms with Gasteiger partial charge in [0.1, 0.15) is 0 Å². The molecule has 116 valence electrons. The topological polar surface area (TPSA) is 29.1 Å². The van der Waals surface area contributed by atoms with Gasteiger partial charge in [0.2, 0.25) is 5.91 Å². The molecule has 0 aliphatic heterocycles. The first kappa shape index (κ1) is 16.6. The molecular weight excluding hydrogens is 294 g/mol. The quantitative estimate of drug-likeness (QED) is 0.831. The highest BCUT2D eigenvalue weighted by atomic mass is 35.5. The van der Waals surface area contributed by atoms with E-state index in [0.717, 1.165) is 23.2 Å². The number of amides is 1. The van der Waals surface area contributed by atoms with Crippen LogP contribution in [0.5, 0.6) is 0 Å². The summed E-state index contributed by atoms with van der Waals surface area (Å²) in [7, 11) is 0. The van der Waals surface area contributed by atoms with Crippen LogP contribution in [0.3, 0.4) is 0 Å². The van der Waals surface area contributed by atoms with Crippen molar-refractivity contribution in [3.05, 3.63) is 63.2 Å². The summed E-state index contributed by atoms with van der Waals surface area (Å²) in [6.45, 7) is 8.11. The highest BCUT2D eigenvalue weighted by Crippen LogP contribution is 2.27. The Morgan fingerprint density at radius 1 is 1.00 bits per heavy atom. The van der Waals surface area contributed by atoms with Gasteiger partial charge in [0.25, 0.3) is 0 Å². The number of anilines is 1. The van der Waals surface area contributed by atoms with Crippen LogP contribution in [0.25, 0.3) is 0 Å². The van der Waals surface area contributed by atoms with E-state index in [1.807, 2.05) is 26.0 Å². The molecule has 0 aliphatic carbocycles. The van der Waals surface area contributed by atoms with Crippen LogP contribution < -0.4 is 5.32 Å². The standard InChI is InChI=1S/C19H22ClNO/c1-12-5-6-16(14(3)9-12)7-8-18(22)21-19-15(4)10-13(2)11-17(19)20/h5-6,9-11H,7-8H2,1-4H3,(H,21,22). The molecule has 0 saturated carbocycles. The molecule has 22 heavy (non-hydrogen) atoms. The molecule has 0 heterocycles. The maximum atomic E-state index is 12.2. The number of rotatable bonds is 4. The Labute approximate surface area is 137 Å². The maximum Gasteiger partial charge on any atom is 0.224 e. The maximum absolute atomic E-state index is 12.2. The summed E-state index contributed by atoms with van der Waals surface area (Å²) in [4.78, 5) is 12.2. The number of carbonyl (C=O) groups is 1. The van der Waals surface area contributed by atoms with Crippen LogP contribution in [0.4, 0.5) is 5.69 Å². The molecule has 1 N–H and O–H groups in total. The van der Waals surface area contributed by atoms with Crippen molar-refractivity contribution in [1.82, 2.24) is 0 Å². The summed E-state index contributed by atoms with van der Waals surface area (Å²) in [5, 5.41) is 3.53. The van der Waals surface area contributed by atoms with Crippen LogP contribution in [0, 0.1) is 27.7 Å². The Morgan fingerprint density at radius 2 is 1.68 bits per heavy atom. The van der Waals surface area contributed by atoms with E-state index in [1.54, 1.807) is 0 Å². The van der Waals surface area contributed by atoms with Crippen LogP contribution in [-0.4, -0.2) is 5.91 Å². The third kappa shape index (κ3) is 4.11. The third-order valence-electron chi connectivity index (χ3n) is 3.82. The van der Waals surface area contributed by atoms with Gasteiger partial charge in [-0.15, -0.1) is 0 Å². The number of carbonyl (C=O) groups excluding carboxylic acids is 1. The largest absolute Gasteiger partial charge is 0.325 e. The molecule has 3 heteroatoms. The molecular formula is C19H22ClNO. The summed E-state index contributed by atoms with van der Waals surface area (Å²) >= 11 is 6.22. The number of halogens is 1. The molecule has 0 aromatic heterocycles. The van der Waals surface area contributed by atoms with Crippen LogP contribution in [0.2, 0.25) is 5.02 Å². The fourth-order valence-electron chi connectivity index (χ4n) is 2.65. The Morgan fingerprint density at radius 3 is 2.32 bits per heavy atom. The van der Waals surface area contributed by atoms with E-state index in [4.69, 9.17) is 11.6 Å². The van der Waals surface area contributed by atoms with Crippen molar-refractivity contribution >= 4 is 23.2 Å². The minimum atomic E-state index is -0.00571. The number of aryl methyl sites for hydroxylation is 5. The van der Waals surface area contributed by atoms with E-state index < -0.39 is 0 Å². The van der Waals surface area contributed by atoms with E-state index in [-0.39, 0.29) is 5.91 Å². The fraction of sp³-hybridized carbons (Fsp3) is 0.316. The highest BCUT2D eigenvalue weighted by molar-refractivity contribution is 6.34. The summed E-state index contributed by atoms with van der Waals surface area (Å²) in [5.74, 6) is -0.00571. The second-order valence-electron chi connectivity index (χ2n) is 5.92. The minimum absolute atomic E-state index is 0.00571. The lowest BCUT2D eigenvalue weighted by molar-refractivity contribution is -0.116. The second kappa shape index (κ2) is 6.97. The Hall–Kier alpha value is -1.80. The fourth-order valence-corrected chi connectivity index (χ4v) is 3.02. The zero-order valence-electron chi connectivity index (χ0n) is 13.6. The molecule has 2 aromatic carbocycles. The lowest BCUT2D eigenvalue weighted by Crippen LogP contribution is -2.14. The highest BCUT2D eigenvalue weighted by Gasteiger charge is 2.10. The molecule has 0 bridgehead atoms. The molecule has 2 rings (SSSR count). The summed E-state index contributed by atoms with van der Waals surface area (Å²) in [5.41, 5.74) is 6.50. The van der Waals surface area contributed by atoms with Gasteiger partial charge in [-0.2, -0.15) is 0 Å². The van der Waals surface area contributed by atoms with E-state index >= 15 is 0 Å². The molecule has 0 saturated heterocycles. The number of hydrogen-bond acceptors (Lipinski definition) is 1. The van der Waals surface area contributed by atoms with E-state index in [1.165, 1.54) is 16.7 Å². The summed E-state index contributed by atoms with van der Waals surface area (Å²) in [6.07, 6.45) is 1.19. The molecule has 0 atom stereocenters. The summed E-state index contributed by atoms with van der Waals surface area (Å²) in [6, 6.07) is 10.2. The smallest absolute Gasteiger partial charge is 0.224 e. The van der Waals surface area contributed by atoms with Gasteiger partial charge in [0.15, 0.2) is 0 Å². The van der Waals surface area contributed by atoms with E-state index in [9.17, 15) is 4.79 Å². The lowest BCUT2D eigenvalue weighted by Gasteiger charge is -2.12. The van der Waals surface area contributed by atoms with Crippen molar-refractivity contribution in [2.24, 2.45) is 0 Å². The predicted molar refractivity (Wildman–Crippen MR) is 93.8 cm³/mol. The Balaban J connectivity index is 2.02. The van der Waals surface area contributed by atoms with Gasteiger partial charge in [-0.05, 0) is 62.4 Å². The number of benzene rings is 2. The van der Waals surface area contributed by atoms with Gasteiger partial charge < -0.3 is 5.32 Å². The third-order valence-corrected chi connectivity index (χ3v) is 4.11.